The highest BCUT2D eigenvalue weighted by atomic mass is 35.5. The second kappa shape index (κ2) is 9.98. The van der Waals surface area contributed by atoms with Gasteiger partial charge >= 0.3 is 0 Å². The number of hydrogen-bond donors (Lipinski definition) is 1. The van der Waals surface area contributed by atoms with Crippen LogP contribution >= 0.6 is 11.6 Å². The van der Waals surface area contributed by atoms with Crippen LogP contribution in [0.3, 0.4) is 0 Å². The van der Waals surface area contributed by atoms with Crippen molar-refractivity contribution in [1.29, 1.82) is 0 Å². The van der Waals surface area contributed by atoms with Gasteiger partial charge in [0.25, 0.3) is 0 Å². The molecule has 0 saturated heterocycles. The minimum Gasteiger partial charge on any atom is -0.343 e. The van der Waals surface area contributed by atoms with E-state index in [1.165, 1.54) is 0 Å². The van der Waals surface area contributed by atoms with Crippen LogP contribution in [0, 0.1) is 0 Å². The predicted octanol–water partition coefficient (Wildman–Crippen LogP) is 4.79. The Morgan fingerprint density at radius 1 is 0.935 bits per heavy atom. The summed E-state index contributed by atoms with van der Waals surface area (Å²) in [6.45, 7) is 1.78. The highest BCUT2D eigenvalue weighted by Crippen LogP contribution is 2.27. The Labute approximate surface area is 188 Å². The van der Waals surface area contributed by atoms with Gasteiger partial charge in [-0.3, -0.25) is 9.10 Å². The average Bonchev–Trinajstić information content (AvgIpc) is 2.75. The number of benzene rings is 3. The van der Waals surface area contributed by atoms with E-state index in [1.54, 1.807) is 31.2 Å². The van der Waals surface area contributed by atoms with E-state index in [9.17, 15) is 13.2 Å². The topological polar surface area (TPSA) is 66.5 Å². The largest absolute Gasteiger partial charge is 0.343 e. The maximum atomic E-state index is 13.4. The van der Waals surface area contributed by atoms with Crippen molar-refractivity contribution in [1.82, 2.24) is 5.32 Å². The molecule has 0 aliphatic rings. The summed E-state index contributed by atoms with van der Waals surface area (Å²) in [4.78, 5) is 13.4. The number of nitrogens with zero attached hydrogens (tertiary/aromatic N) is 1. The number of rotatable bonds is 8. The van der Waals surface area contributed by atoms with Crippen molar-refractivity contribution in [2.75, 3.05) is 10.6 Å². The molecule has 1 unspecified atom stereocenters. The molecule has 3 aromatic rings. The van der Waals surface area contributed by atoms with Gasteiger partial charge in [-0.05, 0) is 35.7 Å². The van der Waals surface area contributed by atoms with Crippen molar-refractivity contribution < 1.29 is 13.2 Å². The Kier molecular flexibility index (Phi) is 7.36. The second-order valence-corrected chi connectivity index (χ2v) is 9.52. The lowest BCUT2D eigenvalue weighted by Crippen LogP contribution is -2.50. The molecule has 0 radical (unpaired) electrons. The normalized spacial score (nSPS) is 12.4. The maximum Gasteiger partial charge on any atom is 0.244 e. The molecular formula is C24H25ClN2O3S. The zero-order valence-electron chi connectivity index (χ0n) is 17.4. The molecule has 0 aliphatic heterocycles. The van der Waals surface area contributed by atoms with Crippen molar-refractivity contribution in [2.24, 2.45) is 0 Å². The van der Waals surface area contributed by atoms with Gasteiger partial charge in [0, 0.05) is 5.02 Å². The fourth-order valence-corrected chi connectivity index (χ4v) is 4.95. The number of anilines is 1. The van der Waals surface area contributed by atoms with Crippen LogP contribution < -0.4 is 9.62 Å². The van der Waals surface area contributed by atoms with Crippen LogP contribution in [0.25, 0.3) is 0 Å². The smallest absolute Gasteiger partial charge is 0.244 e. The van der Waals surface area contributed by atoms with Crippen LogP contribution in [0.1, 0.15) is 30.5 Å². The maximum absolute atomic E-state index is 13.4. The van der Waals surface area contributed by atoms with Crippen molar-refractivity contribution >= 4 is 33.2 Å². The molecule has 162 valence electrons. The van der Waals surface area contributed by atoms with E-state index in [2.05, 4.69) is 5.32 Å². The van der Waals surface area contributed by atoms with E-state index in [1.807, 2.05) is 60.7 Å². The molecule has 5 nitrogen and oxygen atoms in total. The van der Waals surface area contributed by atoms with E-state index in [0.29, 0.717) is 17.1 Å². The van der Waals surface area contributed by atoms with Crippen molar-refractivity contribution in [3.8, 4) is 0 Å². The van der Waals surface area contributed by atoms with Crippen molar-refractivity contribution in [2.45, 2.75) is 25.4 Å². The molecule has 31 heavy (non-hydrogen) atoms. The number of halogens is 1. The minimum absolute atomic E-state index is 0.293. The van der Waals surface area contributed by atoms with Gasteiger partial charge in [0.15, 0.2) is 0 Å². The van der Waals surface area contributed by atoms with E-state index < -0.39 is 22.1 Å². The fourth-order valence-electron chi connectivity index (χ4n) is 3.56. The third-order valence-corrected chi connectivity index (χ3v) is 6.36. The molecule has 0 spiro atoms. The second-order valence-electron chi connectivity index (χ2n) is 7.23. The molecule has 0 bridgehead atoms. The number of amides is 1. The molecule has 0 fully saturated rings. The molecule has 7 heteroatoms. The van der Waals surface area contributed by atoms with Crippen molar-refractivity contribution in [3.05, 3.63) is 101 Å². The van der Waals surface area contributed by atoms with Gasteiger partial charge in [-0.25, -0.2) is 8.42 Å². The summed E-state index contributed by atoms with van der Waals surface area (Å²) in [7, 11) is -3.74. The zero-order chi connectivity index (χ0) is 22.4. The number of hydrogen-bond acceptors (Lipinski definition) is 3. The summed E-state index contributed by atoms with van der Waals surface area (Å²) >= 11 is 6.09. The summed E-state index contributed by atoms with van der Waals surface area (Å²) in [5.41, 5.74) is 2.17. The van der Waals surface area contributed by atoms with Crippen LogP contribution in [-0.2, 0) is 14.8 Å². The Morgan fingerprint density at radius 2 is 1.48 bits per heavy atom. The Hall–Kier alpha value is -2.83. The summed E-state index contributed by atoms with van der Waals surface area (Å²) in [6, 6.07) is 24.3. The fraction of sp³-hybridized carbons (Fsp3) is 0.208. The van der Waals surface area contributed by atoms with Gasteiger partial charge in [-0.2, -0.15) is 0 Å². The standard InChI is InChI=1S/C24H25ClN2O3S/c1-3-22(27(31(2,29)30)21-16-10-15-20(25)17-21)24(28)26-23(18-11-6-4-7-12-18)19-13-8-5-9-14-19/h4-17,22-23H,3H2,1-2H3,(H,26,28). The van der Waals surface area contributed by atoms with Gasteiger partial charge in [0.1, 0.15) is 6.04 Å². The molecule has 0 aliphatic carbocycles. The van der Waals surface area contributed by atoms with Gasteiger partial charge in [0.2, 0.25) is 15.9 Å². The third kappa shape index (κ3) is 5.66. The molecule has 3 aromatic carbocycles. The highest BCUT2D eigenvalue weighted by Gasteiger charge is 2.33. The lowest BCUT2D eigenvalue weighted by atomic mass is 9.98. The van der Waals surface area contributed by atoms with E-state index in [-0.39, 0.29) is 5.91 Å². The van der Waals surface area contributed by atoms with Crippen LogP contribution in [0.2, 0.25) is 5.02 Å². The molecule has 1 N–H and O–H groups in total. The van der Waals surface area contributed by atoms with Gasteiger partial charge in [-0.1, -0.05) is 85.3 Å². The van der Waals surface area contributed by atoms with Gasteiger partial charge in [-0.15, -0.1) is 0 Å². The lowest BCUT2D eigenvalue weighted by Gasteiger charge is -2.32. The first kappa shape index (κ1) is 22.8. The molecule has 1 atom stereocenters. The number of carbonyl (C=O) groups excluding carboxylic acids is 1. The Bertz CT molecular complexity index is 1080. The third-order valence-electron chi connectivity index (χ3n) is 4.94. The number of nitrogens with one attached hydrogen (secondary N) is 1. The van der Waals surface area contributed by atoms with Crippen LogP contribution in [0.5, 0.6) is 0 Å². The Balaban J connectivity index is 1.99. The van der Waals surface area contributed by atoms with E-state index >= 15 is 0 Å². The first-order valence-electron chi connectivity index (χ1n) is 9.96. The van der Waals surface area contributed by atoms with Crippen LogP contribution in [-0.4, -0.2) is 26.6 Å². The predicted molar refractivity (Wildman–Crippen MR) is 126 cm³/mol. The monoisotopic (exact) mass is 456 g/mol. The van der Waals surface area contributed by atoms with Gasteiger partial charge in [0.05, 0.1) is 18.0 Å². The van der Waals surface area contributed by atoms with Gasteiger partial charge < -0.3 is 5.32 Å². The lowest BCUT2D eigenvalue weighted by molar-refractivity contribution is -0.122. The SMILES string of the molecule is CCC(C(=O)NC(c1ccccc1)c1ccccc1)N(c1cccc(Cl)c1)S(C)(=O)=O. The minimum atomic E-state index is -3.74. The summed E-state index contributed by atoms with van der Waals surface area (Å²) in [6.07, 6.45) is 1.39. The number of carbonyl (C=O) groups is 1. The Morgan fingerprint density at radius 3 is 1.94 bits per heavy atom. The van der Waals surface area contributed by atoms with Crippen molar-refractivity contribution in [3.63, 3.8) is 0 Å². The highest BCUT2D eigenvalue weighted by molar-refractivity contribution is 7.92. The summed E-state index contributed by atoms with van der Waals surface area (Å²) in [5, 5.41) is 3.46. The molecule has 0 heterocycles. The summed E-state index contributed by atoms with van der Waals surface area (Å²) in [5.74, 6) is -0.384. The molecular weight excluding hydrogens is 432 g/mol. The molecule has 1 amide bonds. The van der Waals surface area contributed by atoms with Crippen LogP contribution in [0.15, 0.2) is 84.9 Å². The molecule has 3 rings (SSSR count). The first-order valence-corrected chi connectivity index (χ1v) is 12.2. The average molecular weight is 457 g/mol. The molecule has 0 aromatic heterocycles. The quantitative estimate of drug-likeness (QED) is 0.530. The van der Waals surface area contributed by atoms with E-state index in [0.717, 1.165) is 21.7 Å². The summed E-state index contributed by atoms with van der Waals surface area (Å²) < 4.78 is 26.5. The van der Waals surface area contributed by atoms with E-state index in [4.69, 9.17) is 11.6 Å². The number of sulfonamides is 1. The zero-order valence-corrected chi connectivity index (χ0v) is 19.0. The van der Waals surface area contributed by atoms with Crippen LogP contribution in [0.4, 0.5) is 5.69 Å². The molecule has 0 saturated carbocycles. The first-order chi connectivity index (χ1) is 14.8.